The van der Waals surface area contributed by atoms with E-state index in [4.69, 9.17) is 21.7 Å². The van der Waals surface area contributed by atoms with Gasteiger partial charge in [-0.25, -0.2) is 13.2 Å². The van der Waals surface area contributed by atoms with Crippen LogP contribution in [-0.4, -0.2) is 56.7 Å². The van der Waals surface area contributed by atoms with Gasteiger partial charge in [0.25, 0.3) is 0 Å². The van der Waals surface area contributed by atoms with Crippen LogP contribution < -0.4 is 10.6 Å². The average molecular weight is 538 g/mol. The zero-order valence-corrected chi connectivity index (χ0v) is 22.3. The van der Waals surface area contributed by atoms with Gasteiger partial charge in [0.15, 0.2) is 5.11 Å². The van der Waals surface area contributed by atoms with Crippen molar-refractivity contribution in [1.29, 1.82) is 0 Å². The number of carbonyl (C=O) groups excluding carboxylic acids is 1. The Bertz CT molecular complexity index is 1170. The van der Waals surface area contributed by atoms with E-state index < -0.39 is 10.0 Å². The molecular formula is C24H31N3O5S3. The summed E-state index contributed by atoms with van der Waals surface area (Å²) < 4.78 is 38.1. The average Bonchev–Trinajstić information content (AvgIpc) is 3.15. The predicted molar refractivity (Wildman–Crippen MR) is 142 cm³/mol. The number of hydrogen-bond acceptors (Lipinski definition) is 7. The van der Waals surface area contributed by atoms with Crippen molar-refractivity contribution in [2.75, 3.05) is 43.5 Å². The number of hydrogen-bond donors (Lipinski definition) is 2. The van der Waals surface area contributed by atoms with E-state index in [1.807, 2.05) is 0 Å². The summed E-state index contributed by atoms with van der Waals surface area (Å²) in [6.45, 7) is 3.54. The summed E-state index contributed by atoms with van der Waals surface area (Å²) in [7, 11) is -3.62. The van der Waals surface area contributed by atoms with Crippen molar-refractivity contribution in [3.8, 4) is 0 Å². The van der Waals surface area contributed by atoms with E-state index in [1.165, 1.54) is 15.6 Å². The molecule has 190 valence electrons. The highest BCUT2D eigenvalue weighted by Gasteiger charge is 2.27. The Balaban J connectivity index is 1.53. The van der Waals surface area contributed by atoms with Gasteiger partial charge in [-0.05, 0) is 68.6 Å². The minimum absolute atomic E-state index is 0.193. The summed E-state index contributed by atoms with van der Waals surface area (Å²) in [6, 6.07) is 6.58. The number of nitrogens with zero attached hydrogens (tertiary/aromatic N) is 1. The standard InChI is InChI=1S/C24H31N3O5S3/c1-2-32-23(28)21-19-10-5-3-4-6-11-20(19)34-22(21)26-24(33)25-17-8-7-9-18(16-17)35(29,30)27-12-14-31-15-13-27/h7-9,16H,2-6,10-15H2,1H3,(H2,25,26,33). The second kappa shape index (κ2) is 11.8. The van der Waals surface area contributed by atoms with Gasteiger partial charge in [-0.15, -0.1) is 11.3 Å². The maximum absolute atomic E-state index is 13.0. The number of esters is 1. The van der Waals surface area contributed by atoms with Gasteiger partial charge < -0.3 is 20.1 Å². The van der Waals surface area contributed by atoms with E-state index in [9.17, 15) is 13.2 Å². The molecule has 1 fully saturated rings. The highest BCUT2D eigenvalue weighted by Crippen LogP contribution is 2.37. The van der Waals surface area contributed by atoms with Crippen molar-refractivity contribution < 1.29 is 22.7 Å². The van der Waals surface area contributed by atoms with Gasteiger partial charge in [0.1, 0.15) is 5.00 Å². The molecule has 0 radical (unpaired) electrons. The third-order valence-electron chi connectivity index (χ3n) is 6.08. The summed E-state index contributed by atoms with van der Waals surface area (Å²) in [5.74, 6) is -0.338. The highest BCUT2D eigenvalue weighted by atomic mass is 32.2. The Kier molecular flexibility index (Phi) is 8.77. The Labute approximate surface area is 216 Å². The first-order chi connectivity index (χ1) is 16.9. The fraction of sp³-hybridized carbons (Fsp3) is 0.500. The van der Waals surface area contributed by atoms with Gasteiger partial charge in [-0.3, -0.25) is 0 Å². The molecule has 1 aromatic carbocycles. The number of anilines is 2. The number of benzene rings is 1. The molecule has 2 N–H and O–H groups in total. The molecule has 1 aliphatic heterocycles. The zero-order chi connectivity index (χ0) is 24.8. The second-order valence-corrected chi connectivity index (χ2v) is 11.9. The summed E-state index contributed by atoms with van der Waals surface area (Å²) >= 11 is 7.09. The van der Waals surface area contributed by atoms with Crippen molar-refractivity contribution in [2.24, 2.45) is 0 Å². The van der Waals surface area contributed by atoms with Crippen LogP contribution in [0.3, 0.4) is 0 Å². The molecule has 35 heavy (non-hydrogen) atoms. The molecule has 0 spiro atoms. The van der Waals surface area contributed by atoms with Crippen molar-refractivity contribution in [2.45, 2.75) is 50.3 Å². The minimum atomic E-state index is -3.62. The summed E-state index contributed by atoms with van der Waals surface area (Å²) in [5.41, 5.74) is 2.18. The van der Waals surface area contributed by atoms with Crippen LogP contribution in [0.4, 0.5) is 10.7 Å². The highest BCUT2D eigenvalue weighted by molar-refractivity contribution is 7.89. The molecule has 0 amide bonds. The predicted octanol–water partition coefficient (Wildman–Crippen LogP) is 4.41. The largest absolute Gasteiger partial charge is 0.462 e. The number of fused-ring (bicyclic) bond motifs is 1. The lowest BCUT2D eigenvalue weighted by atomic mass is 9.96. The van der Waals surface area contributed by atoms with Crippen molar-refractivity contribution in [1.82, 2.24) is 4.31 Å². The molecular weight excluding hydrogens is 506 g/mol. The topological polar surface area (TPSA) is 97.0 Å². The third kappa shape index (κ3) is 6.21. The Hall–Kier alpha value is -2.05. The number of sulfonamides is 1. The maximum atomic E-state index is 13.0. The van der Waals surface area contributed by atoms with Crippen LogP contribution in [-0.2, 0) is 32.3 Å². The lowest BCUT2D eigenvalue weighted by Crippen LogP contribution is -2.40. The molecule has 1 aliphatic carbocycles. The molecule has 0 atom stereocenters. The van der Waals surface area contributed by atoms with Gasteiger partial charge in [0.05, 0.1) is 30.3 Å². The second-order valence-electron chi connectivity index (χ2n) is 8.47. The fourth-order valence-electron chi connectivity index (χ4n) is 4.36. The molecule has 0 saturated carbocycles. The van der Waals surface area contributed by atoms with Gasteiger partial charge in [0.2, 0.25) is 10.0 Å². The molecule has 2 heterocycles. The van der Waals surface area contributed by atoms with E-state index in [1.54, 1.807) is 42.5 Å². The minimum Gasteiger partial charge on any atom is -0.462 e. The number of thiocarbonyl (C=S) groups is 1. The summed E-state index contributed by atoms with van der Waals surface area (Å²) in [6.07, 6.45) is 6.28. The van der Waals surface area contributed by atoms with Crippen LogP contribution >= 0.6 is 23.6 Å². The molecule has 2 aromatic rings. The summed E-state index contributed by atoms with van der Waals surface area (Å²) in [5, 5.41) is 7.21. The molecule has 2 aliphatic rings. The lowest BCUT2D eigenvalue weighted by molar-refractivity contribution is 0.0526. The summed E-state index contributed by atoms with van der Waals surface area (Å²) in [4.78, 5) is 14.2. The number of aryl methyl sites for hydroxylation is 1. The van der Waals surface area contributed by atoms with E-state index in [0.717, 1.165) is 37.7 Å². The Morgan fingerprint density at radius 2 is 1.89 bits per heavy atom. The van der Waals surface area contributed by atoms with Crippen molar-refractivity contribution in [3.05, 3.63) is 40.3 Å². The van der Waals surface area contributed by atoms with E-state index >= 15 is 0 Å². The van der Waals surface area contributed by atoms with Crippen LogP contribution in [0, 0.1) is 0 Å². The number of ether oxygens (including phenoxy) is 2. The van der Waals surface area contributed by atoms with Crippen LogP contribution in [0.2, 0.25) is 0 Å². The Morgan fingerprint density at radius 1 is 1.14 bits per heavy atom. The number of carbonyl (C=O) groups is 1. The normalized spacial score (nSPS) is 17.1. The fourth-order valence-corrected chi connectivity index (χ4v) is 7.38. The molecule has 1 saturated heterocycles. The number of nitrogens with one attached hydrogen (secondary N) is 2. The Morgan fingerprint density at radius 3 is 2.63 bits per heavy atom. The molecule has 0 unspecified atom stereocenters. The van der Waals surface area contributed by atoms with E-state index in [-0.39, 0.29) is 16.0 Å². The first-order valence-electron chi connectivity index (χ1n) is 12.0. The number of morpholine rings is 1. The van der Waals surface area contributed by atoms with Crippen LogP contribution in [0.15, 0.2) is 29.2 Å². The van der Waals surface area contributed by atoms with Crippen molar-refractivity contribution in [3.63, 3.8) is 0 Å². The molecule has 8 nitrogen and oxygen atoms in total. The lowest BCUT2D eigenvalue weighted by Gasteiger charge is -2.26. The number of thiophene rings is 1. The maximum Gasteiger partial charge on any atom is 0.341 e. The van der Waals surface area contributed by atoms with Gasteiger partial charge >= 0.3 is 5.97 Å². The van der Waals surface area contributed by atoms with Crippen molar-refractivity contribution >= 4 is 55.3 Å². The molecule has 11 heteroatoms. The van der Waals surface area contributed by atoms with Crippen LogP contribution in [0.25, 0.3) is 0 Å². The zero-order valence-electron chi connectivity index (χ0n) is 19.8. The number of rotatable bonds is 6. The van der Waals surface area contributed by atoms with Gasteiger partial charge in [-0.2, -0.15) is 4.31 Å². The van der Waals surface area contributed by atoms with E-state index in [2.05, 4.69) is 10.6 Å². The monoisotopic (exact) mass is 537 g/mol. The molecule has 0 bridgehead atoms. The van der Waals surface area contributed by atoms with Gasteiger partial charge in [0, 0.05) is 23.7 Å². The van der Waals surface area contributed by atoms with Crippen LogP contribution in [0.1, 0.15) is 53.4 Å². The van der Waals surface area contributed by atoms with Crippen LogP contribution in [0.5, 0.6) is 0 Å². The quantitative estimate of drug-likeness (QED) is 0.413. The molecule has 1 aromatic heterocycles. The van der Waals surface area contributed by atoms with E-state index in [0.29, 0.717) is 49.2 Å². The smallest absolute Gasteiger partial charge is 0.341 e. The first kappa shape index (κ1) is 26.0. The SMILES string of the molecule is CCOC(=O)c1c(NC(=S)Nc2cccc(S(=O)(=O)N3CCOCC3)c2)sc2c1CCCCCC2. The molecule has 4 rings (SSSR count). The third-order valence-corrected chi connectivity index (χ3v) is 9.38. The first-order valence-corrected chi connectivity index (χ1v) is 14.6. The van der Waals surface area contributed by atoms with Gasteiger partial charge in [-0.1, -0.05) is 18.9 Å².